The molecule has 2 heterocycles. The van der Waals surface area contributed by atoms with Gasteiger partial charge in [-0.15, -0.1) is 0 Å². The van der Waals surface area contributed by atoms with Gasteiger partial charge in [0.1, 0.15) is 5.75 Å². The first-order valence-corrected chi connectivity index (χ1v) is 7.12. The Morgan fingerprint density at radius 3 is 2.38 bits per heavy atom. The number of benzene rings is 1. The minimum atomic E-state index is -0.436. The van der Waals surface area contributed by atoms with Gasteiger partial charge in [-0.3, -0.25) is 4.98 Å². The zero-order chi connectivity index (χ0) is 15.3. The monoisotopic (exact) mass is 285 g/mol. The zero-order valence-corrected chi connectivity index (χ0v) is 13.1. The molecule has 0 saturated carbocycles. The molecule has 2 aromatic rings. The molecule has 110 valence electrons. The fourth-order valence-corrected chi connectivity index (χ4v) is 2.45. The van der Waals surface area contributed by atoms with Crippen LogP contribution in [0.1, 0.15) is 27.7 Å². The van der Waals surface area contributed by atoms with E-state index < -0.39 is 7.12 Å². The molecule has 0 aliphatic carbocycles. The van der Waals surface area contributed by atoms with Gasteiger partial charge in [0.15, 0.2) is 0 Å². The SMILES string of the molecule is COc1cc2ncccc2cc1B1OC(C)(C)C(C)(C)O1. The fourth-order valence-electron chi connectivity index (χ4n) is 2.45. The molecule has 3 rings (SSSR count). The van der Waals surface area contributed by atoms with Crippen LogP contribution in [0.4, 0.5) is 0 Å². The summed E-state index contributed by atoms with van der Waals surface area (Å²) < 4.78 is 17.7. The van der Waals surface area contributed by atoms with Crippen LogP contribution in [-0.4, -0.2) is 30.4 Å². The van der Waals surface area contributed by atoms with Gasteiger partial charge in [0.05, 0.1) is 23.8 Å². The molecule has 1 aromatic carbocycles. The number of aromatic nitrogens is 1. The Morgan fingerprint density at radius 1 is 1.10 bits per heavy atom. The van der Waals surface area contributed by atoms with Crippen LogP contribution in [0, 0.1) is 0 Å². The lowest BCUT2D eigenvalue weighted by atomic mass is 9.77. The summed E-state index contributed by atoms with van der Waals surface area (Å²) in [4.78, 5) is 4.35. The summed E-state index contributed by atoms with van der Waals surface area (Å²) in [5.41, 5.74) is 1.06. The van der Waals surface area contributed by atoms with Crippen molar-refractivity contribution in [3.8, 4) is 5.75 Å². The lowest BCUT2D eigenvalue weighted by molar-refractivity contribution is 0.00578. The van der Waals surface area contributed by atoms with Gasteiger partial charge in [-0.05, 0) is 39.8 Å². The summed E-state index contributed by atoms with van der Waals surface area (Å²) >= 11 is 0. The minimum absolute atomic E-state index is 0.368. The summed E-state index contributed by atoms with van der Waals surface area (Å²) in [6, 6.07) is 7.90. The van der Waals surface area contributed by atoms with Gasteiger partial charge in [-0.25, -0.2) is 0 Å². The second-order valence-electron chi connectivity index (χ2n) is 6.38. The number of fused-ring (bicyclic) bond motifs is 1. The Morgan fingerprint density at radius 2 is 1.76 bits per heavy atom. The molecule has 0 unspecified atom stereocenters. The van der Waals surface area contributed by atoms with Crippen molar-refractivity contribution in [2.45, 2.75) is 38.9 Å². The molecule has 0 atom stereocenters. The van der Waals surface area contributed by atoms with Gasteiger partial charge in [0, 0.05) is 23.1 Å². The standard InChI is InChI=1S/C16H20BNO3/c1-15(2)16(3,4)21-17(20-15)12-9-11-7-6-8-18-13(11)10-14(12)19-5/h6-10H,1-5H3. The molecule has 0 spiro atoms. The Balaban J connectivity index is 2.08. The fraction of sp³-hybridized carbons (Fsp3) is 0.438. The maximum atomic E-state index is 6.12. The Kier molecular flexibility index (Phi) is 3.22. The average Bonchev–Trinajstić information content (AvgIpc) is 2.66. The maximum Gasteiger partial charge on any atom is 0.498 e. The Hall–Kier alpha value is -1.59. The Bertz CT molecular complexity index is 668. The predicted octanol–water partition coefficient (Wildman–Crippen LogP) is 2.54. The van der Waals surface area contributed by atoms with E-state index in [-0.39, 0.29) is 11.2 Å². The summed E-state index contributed by atoms with van der Waals surface area (Å²) in [5, 5.41) is 1.04. The molecule has 0 amide bonds. The smallest absolute Gasteiger partial charge is 0.497 e. The number of hydrogen-bond donors (Lipinski definition) is 0. The molecular weight excluding hydrogens is 265 g/mol. The quantitative estimate of drug-likeness (QED) is 0.795. The molecule has 0 N–H and O–H groups in total. The van der Waals surface area contributed by atoms with Crippen LogP contribution in [0.15, 0.2) is 30.5 Å². The van der Waals surface area contributed by atoms with Crippen molar-refractivity contribution in [2.75, 3.05) is 7.11 Å². The van der Waals surface area contributed by atoms with Gasteiger partial charge < -0.3 is 14.0 Å². The molecule has 1 fully saturated rings. The van der Waals surface area contributed by atoms with E-state index in [0.717, 1.165) is 22.1 Å². The van der Waals surface area contributed by atoms with Crippen LogP contribution >= 0.6 is 0 Å². The van der Waals surface area contributed by atoms with Crippen molar-refractivity contribution in [1.29, 1.82) is 0 Å². The van der Waals surface area contributed by atoms with Crippen LogP contribution in [0.3, 0.4) is 0 Å². The zero-order valence-electron chi connectivity index (χ0n) is 13.1. The summed E-state index contributed by atoms with van der Waals surface area (Å²) in [6.07, 6.45) is 1.77. The van der Waals surface area contributed by atoms with Crippen molar-refractivity contribution >= 4 is 23.5 Å². The van der Waals surface area contributed by atoms with Crippen LogP contribution in [0.25, 0.3) is 10.9 Å². The highest BCUT2D eigenvalue weighted by Gasteiger charge is 2.52. The third kappa shape index (κ3) is 2.30. The summed E-state index contributed by atoms with van der Waals surface area (Å²) in [5.74, 6) is 0.736. The lowest BCUT2D eigenvalue weighted by Crippen LogP contribution is -2.41. The topological polar surface area (TPSA) is 40.6 Å². The molecule has 1 aliphatic heterocycles. The van der Waals surface area contributed by atoms with Crippen molar-refractivity contribution in [2.24, 2.45) is 0 Å². The molecule has 1 aromatic heterocycles. The maximum absolute atomic E-state index is 6.12. The summed E-state index contributed by atoms with van der Waals surface area (Å²) in [6.45, 7) is 8.17. The number of methoxy groups -OCH3 is 1. The van der Waals surface area contributed by atoms with Crippen LogP contribution in [0.2, 0.25) is 0 Å². The van der Waals surface area contributed by atoms with Gasteiger partial charge in [0.2, 0.25) is 0 Å². The van der Waals surface area contributed by atoms with E-state index >= 15 is 0 Å². The van der Waals surface area contributed by atoms with Crippen molar-refractivity contribution in [1.82, 2.24) is 4.98 Å². The first-order valence-electron chi connectivity index (χ1n) is 7.12. The van der Waals surface area contributed by atoms with Crippen molar-refractivity contribution in [3.63, 3.8) is 0 Å². The lowest BCUT2D eigenvalue weighted by Gasteiger charge is -2.32. The average molecular weight is 285 g/mol. The molecule has 0 radical (unpaired) electrons. The number of rotatable bonds is 2. The molecule has 21 heavy (non-hydrogen) atoms. The first kappa shape index (κ1) is 14.4. The Labute approximate surface area is 125 Å². The van der Waals surface area contributed by atoms with Crippen molar-refractivity contribution < 1.29 is 14.0 Å². The van der Waals surface area contributed by atoms with Crippen molar-refractivity contribution in [3.05, 3.63) is 30.5 Å². The van der Waals surface area contributed by atoms with E-state index in [1.807, 2.05) is 52.0 Å². The van der Waals surface area contributed by atoms with E-state index in [1.54, 1.807) is 13.3 Å². The minimum Gasteiger partial charge on any atom is -0.497 e. The summed E-state index contributed by atoms with van der Waals surface area (Å²) in [7, 11) is 1.22. The molecule has 1 aliphatic rings. The third-order valence-electron chi connectivity index (χ3n) is 4.46. The molecule has 0 bridgehead atoms. The van der Waals surface area contributed by atoms with Crippen LogP contribution in [0.5, 0.6) is 5.75 Å². The van der Waals surface area contributed by atoms with E-state index in [0.29, 0.717) is 0 Å². The second kappa shape index (κ2) is 4.72. The van der Waals surface area contributed by atoms with Gasteiger partial charge >= 0.3 is 7.12 Å². The van der Waals surface area contributed by atoms with E-state index in [1.165, 1.54) is 0 Å². The van der Waals surface area contributed by atoms with Gasteiger partial charge in [0.25, 0.3) is 0 Å². The largest absolute Gasteiger partial charge is 0.498 e. The molecule has 4 nitrogen and oxygen atoms in total. The number of ether oxygens (including phenoxy) is 1. The van der Waals surface area contributed by atoms with Gasteiger partial charge in [-0.2, -0.15) is 0 Å². The number of nitrogens with zero attached hydrogens (tertiary/aromatic N) is 1. The van der Waals surface area contributed by atoms with E-state index in [9.17, 15) is 0 Å². The molecular formula is C16H20BNO3. The van der Waals surface area contributed by atoms with E-state index in [4.69, 9.17) is 14.0 Å². The number of hydrogen-bond acceptors (Lipinski definition) is 4. The highest BCUT2D eigenvalue weighted by atomic mass is 16.7. The normalized spacial score (nSPS) is 20.0. The third-order valence-corrected chi connectivity index (χ3v) is 4.46. The second-order valence-corrected chi connectivity index (χ2v) is 6.38. The van der Waals surface area contributed by atoms with E-state index in [2.05, 4.69) is 4.98 Å². The van der Waals surface area contributed by atoms with Crippen LogP contribution in [-0.2, 0) is 9.31 Å². The molecule has 5 heteroatoms. The highest BCUT2D eigenvalue weighted by molar-refractivity contribution is 6.63. The van der Waals surface area contributed by atoms with Crippen LogP contribution < -0.4 is 10.2 Å². The predicted molar refractivity (Wildman–Crippen MR) is 84.0 cm³/mol. The first-order chi connectivity index (χ1) is 9.84. The highest BCUT2D eigenvalue weighted by Crippen LogP contribution is 2.37. The molecule has 1 saturated heterocycles. The van der Waals surface area contributed by atoms with Gasteiger partial charge in [-0.1, -0.05) is 6.07 Å². The number of pyridine rings is 1.